The Labute approximate surface area is 136 Å². The number of hydrogen-bond donors (Lipinski definition) is 3. The Hall–Kier alpha value is -2.27. The van der Waals surface area contributed by atoms with Crippen LogP contribution in [0.3, 0.4) is 0 Å². The van der Waals surface area contributed by atoms with Crippen LogP contribution >= 0.6 is 0 Å². The molecular weight excluding hydrogens is 324 g/mol. The van der Waals surface area contributed by atoms with Crippen LogP contribution in [-0.2, 0) is 4.74 Å². The zero-order valence-corrected chi connectivity index (χ0v) is 12.7. The van der Waals surface area contributed by atoms with Crippen molar-refractivity contribution in [1.29, 1.82) is 0 Å². The SMILES string of the molecule is CC([O-])=N[C@H]1[C@H](Oc2ccccc2[N+](=O)[O-])O[C@H](CO)[C@@H](O)[C@@H]1O. The fraction of sp³-hybridized carbons (Fsp3) is 0.500. The van der Waals surface area contributed by atoms with Crippen LogP contribution in [0.4, 0.5) is 5.69 Å². The van der Waals surface area contributed by atoms with Gasteiger partial charge in [-0.25, -0.2) is 0 Å². The van der Waals surface area contributed by atoms with Gasteiger partial charge in [0, 0.05) is 6.07 Å². The summed E-state index contributed by atoms with van der Waals surface area (Å²) in [7, 11) is 0. The number of nitrogens with zero attached hydrogens (tertiary/aromatic N) is 2. The summed E-state index contributed by atoms with van der Waals surface area (Å²) >= 11 is 0. The van der Waals surface area contributed by atoms with E-state index in [2.05, 4.69) is 4.99 Å². The van der Waals surface area contributed by atoms with Crippen molar-refractivity contribution in [3.8, 4) is 5.75 Å². The van der Waals surface area contributed by atoms with Gasteiger partial charge in [-0.05, 0) is 18.9 Å². The van der Waals surface area contributed by atoms with E-state index in [-0.39, 0.29) is 11.4 Å². The molecule has 0 amide bonds. The van der Waals surface area contributed by atoms with E-state index in [1.165, 1.54) is 24.3 Å². The Morgan fingerprint density at radius 3 is 2.62 bits per heavy atom. The lowest BCUT2D eigenvalue weighted by Crippen LogP contribution is -2.59. The normalized spacial score (nSPS) is 30.8. The van der Waals surface area contributed by atoms with Crippen LogP contribution in [0.15, 0.2) is 29.3 Å². The highest BCUT2D eigenvalue weighted by atomic mass is 16.7. The first-order valence-corrected chi connectivity index (χ1v) is 7.09. The number of benzene rings is 1. The van der Waals surface area contributed by atoms with Gasteiger partial charge in [-0.3, -0.25) is 15.1 Å². The molecule has 1 aliphatic rings. The van der Waals surface area contributed by atoms with Crippen LogP contribution in [0.2, 0.25) is 0 Å². The number of ether oxygens (including phenoxy) is 2. The van der Waals surface area contributed by atoms with Gasteiger partial charge >= 0.3 is 5.69 Å². The van der Waals surface area contributed by atoms with E-state index in [4.69, 9.17) is 9.47 Å². The van der Waals surface area contributed by atoms with E-state index in [9.17, 15) is 30.5 Å². The number of hydrogen-bond acceptors (Lipinski definition) is 9. The van der Waals surface area contributed by atoms with Crippen LogP contribution in [-0.4, -0.2) is 63.4 Å². The van der Waals surface area contributed by atoms with Crippen LogP contribution in [0.1, 0.15) is 6.92 Å². The van der Waals surface area contributed by atoms with Crippen molar-refractivity contribution < 1.29 is 34.8 Å². The highest BCUT2D eigenvalue weighted by Gasteiger charge is 2.45. The predicted octanol–water partition coefficient (Wildman–Crippen LogP) is -1.44. The molecule has 0 spiro atoms. The molecule has 0 bridgehead atoms. The average Bonchev–Trinajstić information content (AvgIpc) is 2.54. The summed E-state index contributed by atoms with van der Waals surface area (Å²) in [6.45, 7) is 0.515. The molecule has 0 radical (unpaired) electrons. The summed E-state index contributed by atoms with van der Waals surface area (Å²) in [6, 6.07) is 4.16. The molecule has 10 heteroatoms. The largest absolute Gasteiger partial charge is 0.862 e. The van der Waals surface area contributed by atoms with Crippen molar-refractivity contribution in [2.24, 2.45) is 4.99 Å². The topological polar surface area (TPSA) is 158 Å². The number of nitro groups is 1. The lowest BCUT2D eigenvalue weighted by molar-refractivity contribution is -0.386. The highest BCUT2D eigenvalue weighted by Crippen LogP contribution is 2.31. The van der Waals surface area contributed by atoms with Gasteiger partial charge in [0.05, 0.1) is 11.5 Å². The number of para-hydroxylation sites is 2. The van der Waals surface area contributed by atoms with E-state index in [0.717, 1.165) is 6.92 Å². The Morgan fingerprint density at radius 2 is 2.04 bits per heavy atom. The molecule has 0 aliphatic carbocycles. The van der Waals surface area contributed by atoms with Crippen molar-refractivity contribution in [2.75, 3.05) is 6.61 Å². The van der Waals surface area contributed by atoms with Crippen LogP contribution in [0.25, 0.3) is 0 Å². The van der Waals surface area contributed by atoms with Gasteiger partial charge in [-0.15, -0.1) is 0 Å². The number of aliphatic imine (C=N–C) groups is 1. The maximum atomic E-state index is 11.3. The Balaban J connectivity index is 2.34. The van der Waals surface area contributed by atoms with Crippen molar-refractivity contribution in [3.63, 3.8) is 0 Å². The molecule has 1 aliphatic heterocycles. The third-order valence-electron chi connectivity index (χ3n) is 3.48. The zero-order chi connectivity index (χ0) is 17.9. The molecule has 5 atom stereocenters. The molecule has 1 fully saturated rings. The second kappa shape index (κ2) is 7.53. The van der Waals surface area contributed by atoms with E-state index in [1.807, 2.05) is 0 Å². The molecule has 2 rings (SSSR count). The van der Waals surface area contributed by atoms with Crippen molar-refractivity contribution in [1.82, 2.24) is 0 Å². The third kappa shape index (κ3) is 3.79. The Bertz CT molecular complexity index is 619. The first-order valence-electron chi connectivity index (χ1n) is 7.09. The van der Waals surface area contributed by atoms with E-state index < -0.39 is 48.1 Å². The first-order chi connectivity index (χ1) is 11.3. The van der Waals surface area contributed by atoms with Gasteiger partial charge in [0.2, 0.25) is 6.29 Å². The van der Waals surface area contributed by atoms with Crippen LogP contribution in [0.5, 0.6) is 5.75 Å². The fourth-order valence-corrected chi connectivity index (χ4v) is 2.34. The summed E-state index contributed by atoms with van der Waals surface area (Å²) in [5.41, 5.74) is -0.344. The second-order valence-corrected chi connectivity index (χ2v) is 5.19. The van der Waals surface area contributed by atoms with E-state index >= 15 is 0 Å². The van der Waals surface area contributed by atoms with Crippen molar-refractivity contribution >= 4 is 11.6 Å². The molecule has 1 saturated heterocycles. The summed E-state index contributed by atoms with van der Waals surface area (Å²) in [5.74, 6) is -0.801. The van der Waals surface area contributed by atoms with Crippen LogP contribution < -0.4 is 9.84 Å². The summed E-state index contributed by atoms with van der Waals surface area (Å²) < 4.78 is 10.7. The lowest BCUT2D eigenvalue weighted by atomic mass is 9.97. The fourth-order valence-electron chi connectivity index (χ4n) is 2.34. The summed E-state index contributed by atoms with van der Waals surface area (Å²) in [5, 5.41) is 51.5. The first kappa shape index (κ1) is 18.1. The number of rotatable bonds is 5. The molecule has 0 saturated carbocycles. The average molecular weight is 341 g/mol. The van der Waals surface area contributed by atoms with Gasteiger partial charge in [-0.2, -0.15) is 0 Å². The van der Waals surface area contributed by atoms with Crippen LogP contribution in [0, 0.1) is 10.1 Å². The molecule has 24 heavy (non-hydrogen) atoms. The molecule has 3 N–H and O–H groups in total. The molecule has 1 aromatic carbocycles. The second-order valence-electron chi connectivity index (χ2n) is 5.19. The monoisotopic (exact) mass is 341 g/mol. The van der Waals surface area contributed by atoms with Gasteiger partial charge in [0.15, 0.2) is 5.75 Å². The summed E-state index contributed by atoms with van der Waals surface area (Å²) in [4.78, 5) is 14.0. The van der Waals surface area contributed by atoms with E-state index in [1.54, 1.807) is 0 Å². The number of aliphatic hydroxyl groups excluding tert-OH is 3. The molecule has 0 aromatic heterocycles. The van der Waals surface area contributed by atoms with Gasteiger partial charge in [0.1, 0.15) is 24.4 Å². The Morgan fingerprint density at radius 1 is 1.38 bits per heavy atom. The molecular formula is C14H17N2O8-. The minimum atomic E-state index is -1.55. The third-order valence-corrected chi connectivity index (χ3v) is 3.48. The maximum Gasteiger partial charge on any atom is 0.311 e. The highest BCUT2D eigenvalue weighted by molar-refractivity contribution is 5.68. The zero-order valence-electron chi connectivity index (χ0n) is 12.7. The molecule has 10 nitrogen and oxygen atoms in total. The molecule has 1 aromatic rings. The van der Waals surface area contributed by atoms with Gasteiger partial charge in [-0.1, -0.05) is 12.1 Å². The minimum Gasteiger partial charge on any atom is -0.862 e. The van der Waals surface area contributed by atoms with Gasteiger partial charge < -0.3 is 29.9 Å². The maximum absolute atomic E-state index is 11.3. The quantitative estimate of drug-likeness (QED) is 0.254. The molecule has 132 valence electrons. The predicted molar refractivity (Wildman–Crippen MR) is 78.4 cm³/mol. The van der Waals surface area contributed by atoms with Gasteiger partial charge in [0.25, 0.3) is 0 Å². The minimum absolute atomic E-state index is 0.156. The smallest absolute Gasteiger partial charge is 0.311 e. The van der Waals surface area contributed by atoms with E-state index in [0.29, 0.717) is 0 Å². The standard InChI is InChI=1S/C14H18N2O8/c1-7(18)15-11-13(20)12(19)10(6-17)24-14(11)23-9-5-3-2-4-8(9)16(21)22/h2-5,10-14,17,19-20H,6H2,1H3,(H,15,18)/p-1/t10-,11-,12-,13-,14-/m1/s1. The number of nitro benzene ring substituents is 1. The summed E-state index contributed by atoms with van der Waals surface area (Å²) in [6.07, 6.45) is -5.63. The molecule has 0 unspecified atom stereocenters. The molecule has 1 heterocycles. The lowest BCUT2D eigenvalue weighted by Gasteiger charge is -2.40. The van der Waals surface area contributed by atoms with Crippen molar-refractivity contribution in [3.05, 3.63) is 34.4 Å². The Kier molecular flexibility index (Phi) is 5.67. The number of aliphatic hydroxyl groups is 3. The van der Waals surface area contributed by atoms with Crippen molar-refractivity contribution in [2.45, 2.75) is 37.6 Å².